The van der Waals surface area contributed by atoms with Crippen molar-refractivity contribution in [3.63, 3.8) is 0 Å². The fourth-order valence-corrected chi connectivity index (χ4v) is 3.02. The Kier molecular flexibility index (Phi) is 3.92. The molecule has 5 nitrogen and oxygen atoms in total. The van der Waals surface area contributed by atoms with Crippen LogP contribution >= 0.6 is 0 Å². The van der Waals surface area contributed by atoms with Crippen molar-refractivity contribution in [2.24, 2.45) is 13.0 Å². The molecule has 2 aromatic rings. The lowest BCUT2D eigenvalue weighted by Crippen LogP contribution is -2.36. The summed E-state index contributed by atoms with van der Waals surface area (Å²) in [7, 11) is 1.93. The monoisotopic (exact) mass is 286 g/mol. The molecule has 21 heavy (non-hydrogen) atoms. The van der Waals surface area contributed by atoms with Gasteiger partial charge in [0.25, 0.3) is 0 Å². The molecular weight excluding hydrogens is 264 g/mol. The van der Waals surface area contributed by atoms with Crippen molar-refractivity contribution < 1.29 is 5.11 Å². The van der Waals surface area contributed by atoms with E-state index in [1.807, 2.05) is 36.9 Å². The molecule has 0 spiro atoms. The van der Waals surface area contributed by atoms with Crippen molar-refractivity contribution in [3.05, 3.63) is 42.1 Å². The maximum absolute atomic E-state index is 10.5. The quantitative estimate of drug-likeness (QED) is 0.938. The molecule has 0 bridgehead atoms. The second-order valence-corrected chi connectivity index (χ2v) is 5.80. The molecule has 1 atom stereocenters. The Morgan fingerprint density at radius 1 is 1.29 bits per heavy atom. The number of aliphatic hydroxyl groups is 1. The molecule has 112 valence electrons. The Morgan fingerprint density at radius 2 is 2.05 bits per heavy atom. The molecule has 1 saturated heterocycles. The van der Waals surface area contributed by atoms with Crippen LogP contribution < -0.4 is 4.90 Å². The molecule has 1 aliphatic heterocycles. The van der Waals surface area contributed by atoms with Crippen LogP contribution in [-0.2, 0) is 7.05 Å². The minimum absolute atomic E-state index is 0.271. The van der Waals surface area contributed by atoms with Crippen molar-refractivity contribution in [3.8, 4) is 0 Å². The number of pyridine rings is 1. The maximum atomic E-state index is 10.5. The Labute approximate surface area is 125 Å². The van der Waals surface area contributed by atoms with E-state index in [1.54, 1.807) is 6.20 Å². The van der Waals surface area contributed by atoms with Crippen molar-refractivity contribution >= 4 is 5.82 Å². The first kappa shape index (κ1) is 14.1. The van der Waals surface area contributed by atoms with Gasteiger partial charge in [-0.3, -0.25) is 0 Å². The largest absolute Gasteiger partial charge is 0.385 e. The van der Waals surface area contributed by atoms with E-state index in [4.69, 9.17) is 0 Å². The third kappa shape index (κ3) is 2.93. The second kappa shape index (κ2) is 5.85. The van der Waals surface area contributed by atoms with Gasteiger partial charge in [0, 0.05) is 38.2 Å². The van der Waals surface area contributed by atoms with E-state index in [9.17, 15) is 5.11 Å². The lowest BCUT2D eigenvalue weighted by molar-refractivity contribution is 0.0824. The highest BCUT2D eigenvalue weighted by atomic mass is 16.3. The van der Waals surface area contributed by atoms with E-state index in [-0.39, 0.29) is 5.92 Å². The summed E-state index contributed by atoms with van der Waals surface area (Å²) >= 11 is 0. The number of imidazole rings is 1. The maximum Gasteiger partial charge on any atom is 0.137 e. The highest BCUT2D eigenvalue weighted by molar-refractivity contribution is 5.39. The number of hydrogen-bond donors (Lipinski definition) is 1. The van der Waals surface area contributed by atoms with Gasteiger partial charge in [-0.15, -0.1) is 0 Å². The first-order chi connectivity index (χ1) is 10.1. The molecule has 0 unspecified atom stereocenters. The molecule has 0 amide bonds. The summed E-state index contributed by atoms with van der Waals surface area (Å²) in [6.45, 7) is 3.88. The third-order valence-corrected chi connectivity index (χ3v) is 4.31. The van der Waals surface area contributed by atoms with Gasteiger partial charge < -0.3 is 14.6 Å². The molecule has 0 saturated carbocycles. The Balaban J connectivity index is 1.64. The number of anilines is 1. The molecule has 3 rings (SSSR count). The third-order valence-electron chi connectivity index (χ3n) is 4.31. The van der Waals surface area contributed by atoms with Crippen LogP contribution in [0, 0.1) is 12.8 Å². The van der Waals surface area contributed by atoms with Crippen molar-refractivity contribution in [1.82, 2.24) is 14.5 Å². The van der Waals surface area contributed by atoms with Crippen LogP contribution in [0.1, 0.15) is 30.5 Å². The number of aryl methyl sites for hydroxylation is 2. The average molecular weight is 286 g/mol. The van der Waals surface area contributed by atoms with Crippen LogP contribution in [0.15, 0.2) is 30.6 Å². The van der Waals surface area contributed by atoms with Crippen LogP contribution in [0.5, 0.6) is 0 Å². The molecule has 3 heterocycles. The van der Waals surface area contributed by atoms with E-state index in [1.165, 1.54) is 0 Å². The summed E-state index contributed by atoms with van der Waals surface area (Å²) in [5.41, 5.74) is 1.04. The fraction of sp³-hybridized carbons (Fsp3) is 0.500. The van der Waals surface area contributed by atoms with Gasteiger partial charge in [0.05, 0.1) is 0 Å². The average Bonchev–Trinajstić information content (AvgIpc) is 2.93. The molecule has 0 aliphatic carbocycles. The number of hydrogen-bond acceptors (Lipinski definition) is 4. The topological polar surface area (TPSA) is 54.2 Å². The Morgan fingerprint density at radius 3 is 2.67 bits per heavy atom. The van der Waals surface area contributed by atoms with Crippen molar-refractivity contribution in [2.75, 3.05) is 18.0 Å². The van der Waals surface area contributed by atoms with Gasteiger partial charge in [0.2, 0.25) is 0 Å². The summed E-state index contributed by atoms with van der Waals surface area (Å²) in [4.78, 5) is 11.1. The zero-order chi connectivity index (χ0) is 14.8. The van der Waals surface area contributed by atoms with Gasteiger partial charge in [0.1, 0.15) is 17.7 Å². The first-order valence-electron chi connectivity index (χ1n) is 7.49. The fourth-order valence-electron chi connectivity index (χ4n) is 3.02. The van der Waals surface area contributed by atoms with Crippen LogP contribution in [0.25, 0.3) is 0 Å². The van der Waals surface area contributed by atoms with E-state index in [2.05, 4.69) is 20.9 Å². The number of nitrogens with zero attached hydrogens (tertiary/aromatic N) is 4. The van der Waals surface area contributed by atoms with Gasteiger partial charge in [-0.1, -0.05) is 6.07 Å². The van der Waals surface area contributed by atoms with E-state index >= 15 is 0 Å². The summed E-state index contributed by atoms with van der Waals surface area (Å²) in [6.07, 6.45) is 5.07. The van der Waals surface area contributed by atoms with E-state index in [0.717, 1.165) is 43.3 Å². The predicted octanol–water partition coefficient (Wildman–Crippen LogP) is 2.07. The lowest BCUT2D eigenvalue weighted by Gasteiger charge is -2.34. The summed E-state index contributed by atoms with van der Waals surface area (Å²) in [5.74, 6) is 2.08. The van der Waals surface area contributed by atoms with Crippen molar-refractivity contribution in [1.29, 1.82) is 0 Å². The van der Waals surface area contributed by atoms with E-state index in [0.29, 0.717) is 0 Å². The molecular formula is C16H22N4O. The summed E-state index contributed by atoms with van der Waals surface area (Å²) in [6, 6.07) is 6.12. The molecule has 0 radical (unpaired) electrons. The Bertz CT molecular complexity index is 602. The molecule has 1 N–H and O–H groups in total. The molecule has 5 heteroatoms. The minimum Gasteiger partial charge on any atom is -0.385 e. The predicted molar refractivity (Wildman–Crippen MR) is 82.1 cm³/mol. The number of piperidine rings is 1. The van der Waals surface area contributed by atoms with Gasteiger partial charge >= 0.3 is 0 Å². The van der Waals surface area contributed by atoms with Crippen LogP contribution in [0.3, 0.4) is 0 Å². The smallest absolute Gasteiger partial charge is 0.137 e. The van der Waals surface area contributed by atoms with Gasteiger partial charge in [0.15, 0.2) is 0 Å². The zero-order valence-electron chi connectivity index (χ0n) is 12.6. The van der Waals surface area contributed by atoms with E-state index < -0.39 is 6.10 Å². The second-order valence-electron chi connectivity index (χ2n) is 5.80. The Hall–Kier alpha value is -1.88. The van der Waals surface area contributed by atoms with Crippen LogP contribution in [0.4, 0.5) is 5.82 Å². The van der Waals surface area contributed by atoms with Gasteiger partial charge in [-0.2, -0.15) is 0 Å². The highest BCUT2D eigenvalue weighted by Gasteiger charge is 2.28. The first-order valence-corrected chi connectivity index (χ1v) is 7.49. The van der Waals surface area contributed by atoms with Gasteiger partial charge in [-0.05, 0) is 37.8 Å². The normalized spacial score (nSPS) is 18.0. The SMILES string of the molecule is Cc1cccc(N2CCC([C@H](O)c3nccn3C)CC2)n1. The van der Waals surface area contributed by atoms with Crippen LogP contribution in [0.2, 0.25) is 0 Å². The number of aromatic nitrogens is 3. The molecule has 0 aromatic carbocycles. The standard InChI is InChI=1S/C16H22N4O/c1-12-4-3-5-14(18-12)20-9-6-13(7-10-20)15(21)16-17-8-11-19(16)2/h3-5,8,11,13,15,21H,6-7,9-10H2,1-2H3/t15-/m0/s1. The minimum atomic E-state index is -0.474. The highest BCUT2D eigenvalue weighted by Crippen LogP contribution is 2.31. The zero-order valence-corrected chi connectivity index (χ0v) is 12.6. The van der Waals surface area contributed by atoms with Crippen molar-refractivity contribution in [2.45, 2.75) is 25.9 Å². The summed E-state index contributed by atoms with van der Waals surface area (Å²) in [5, 5.41) is 10.5. The number of rotatable bonds is 3. The molecule has 2 aromatic heterocycles. The molecule has 1 fully saturated rings. The van der Waals surface area contributed by atoms with Gasteiger partial charge in [-0.25, -0.2) is 9.97 Å². The van der Waals surface area contributed by atoms with Crippen LogP contribution in [-0.4, -0.2) is 32.7 Å². The number of aliphatic hydroxyl groups excluding tert-OH is 1. The molecule has 1 aliphatic rings. The lowest BCUT2D eigenvalue weighted by atomic mass is 9.90. The summed E-state index contributed by atoms with van der Waals surface area (Å²) < 4.78 is 1.90.